The third kappa shape index (κ3) is 6.77. The number of amides is 1. The highest BCUT2D eigenvalue weighted by molar-refractivity contribution is 5.84. The van der Waals surface area contributed by atoms with Crippen molar-refractivity contribution in [3.8, 4) is 0 Å². The molecule has 25 heavy (non-hydrogen) atoms. The number of carboxylic acid groups (broad SMARTS) is 1. The third-order valence-corrected chi connectivity index (χ3v) is 3.76. The summed E-state index contributed by atoms with van der Waals surface area (Å²) < 4.78 is 5.53. The Morgan fingerprint density at radius 1 is 0.960 bits per heavy atom. The van der Waals surface area contributed by atoms with Crippen molar-refractivity contribution in [2.45, 2.75) is 25.3 Å². The Morgan fingerprint density at radius 2 is 1.60 bits per heavy atom. The number of carboxylic acids is 1. The molecule has 0 saturated carbocycles. The van der Waals surface area contributed by atoms with E-state index in [4.69, 9.17) is 4.74 Å². The van der Waals surface area contributed by atoms with Crippen LogP contribution in [0, 0.1) is 0 Å². The highest BCUT2D eigenvalue weighted by atomic mass is 16.5. The lowest BCUT2D eigenvalue weighted by molar-refractivity contribution is -0.142. The molecule has 0 aliphatic rings. The Kier molecular flexibility index (Phi) is 7.66. The fourth-order valence-electron chi connectivity index (χ4n) is 2.44. The van der Waals surface area contributed by atoms with Crippen LogP contribution >= 0.6 is 0 Å². The SMILES string of the molecule is O=C(CCCOCCc1ccccc1)NC(C(=O)O)c1ccccc1. The van der Waals surface area contributed by atoms with E-state index in [9.17, 15) is 14.7 Å². The van der Waals surface area contributed by atoms with E-state index in [1.165, 1.54) is 5.56 Å². The molecule has 2 aromatic rings. The average molecular weight is 341 g/mol. The van der Waals surface area contributed by atoms with Crippen molar-refractivity contribution in [1.29, 1.82) is 0 Å². The van der Waals surface area contributed by atoms with Crippen LogP contribution in [-0.2, 0) is 20.7 Å². The molecule has 0 radical (unpaired) electrons. The first-order valence-corrected chi connectivity index (χ1v) is 8.35. The molecule has 5 nitrogen and oxygen atoms in total. The number of nitrogens with one attached hydrogen (secondary N) is 1. The number of aliphatic carboxylic acids is 1. The van der Waals surface area contributed by atoms with Gasteiger partial charge < -0.3 is 15.2 Å². The maximum absolute atomic E-state index is 12.0. The summed E-state index contributed by atoms with van der Waals surface area (Å²) in [5, 5.41) is 11.8. The predicted molar refractivity (Wildman–Crippen MR) is 95.2 cm³/mol. The molecule has 0 aliphatic heterocycles. The maximum atomic E-state index is 12.0. The summed E-state index contributed by atoms with van der Waals surface area (Å²) >= 11 is 0. The van der Waals surface area contributed by atoms with Crippen molar-refractivity contribution in [3.63, 3.8) is 0 Å². The fraction of sp³-hybridized carbons (Fsp3) is 0.300. The van der Waals surface area contributed by atoms with Gasteiger partial charge in [-0.2, -0.15) is 0 Å². The van der Waals surface area contributed by atoms with E-state index in [1.807, 2.05) is 30.3 Å². The highest BCUT2D eigenvalue weighted by Crippen LogP contribution is 2.13. The molecule has 1 unspecified atom stereocenters. The Hall–Kier alpha value is -2.66. The molecule has 0 bridgehead atoms. The van der Waals surface area contributed by atoms with Gasteiger partial charge in [-0.05, 0) is 24.0 Å². The average Bonchev–Trinajstić information content (AvgIpc) is 2.64. The summed E-state index contributed by atoms with van der Waals surface area (Å²) in [7, 11) is 0. The van der Waals surface area contributed by atoms with Gasteiger partial charge in [0, 0.05) is 13.0 Å². The molecule has 0 aromatic heterocycles. The van der Waals surface area contributed by atoms with Crippen molar-refractivity contribution >= 4 is 11.9 Å². The first-order chi connectivity index (χ1) is 12.2. The van der Waals surface area contributed by atoms with E-state index in [0.29, 0.717) is 25.2 Å². The lowest BCUT2D eigenvalue weighted by Crippen LogP contribution is -2.33. The fourth-order valence-corrected chi connectivity index (χ4v) is 2.44. The minimum atomic E-state index is -1.07. The minimum Gasteiger partial charge on any atom is -0.479 e. The summed E-state index contributed by atoms with van der Waals surface area (Å²) in [5.41, 5.74) is 1.77. The molecule has 2 N–H and O–H groups in total. The van der Waals surface area contributed by atoms with Crippen LogP contribution in [0.3, 0.4) is 0 Å². The molecule has 2 rings (SSSR count). The van der Waals surface area contributed by atoms with Crippen molar-refractivity contribution < 1.29 is 19.4 Å². The van der Waals surface area contributed by atoms with Gasteiger partial charge in [-0.3, -0.25) is 4.79 Å². The van der Waals surface area contributed by atoms with E-state index in [-0.39, 0.29) is 12.3 Å². The number of hydrogen-bond donors (Lipinski definition) is 2. The zero-order valence-electron chi connectivity index (χ0n) is 14.1. The van der Waals surface area contributed by atoms with Crippen LogP contribution in [0.4, 0.5) is 0 Å². The number of benzene rings is 2. The Balaban J connectivity index is 1.65. The predicted octanol–water partition coefficient (Wildman–Crippen LogP) is 2.97. The third-order valence-electron chi connectivity index (χ3n) is 3.76. The molecular weight excluding hydrogens is 318 g/mol. The second kappa shape index (κ2) is 10.3. The van der Waals surface area contributed by atoms with E-state index >= 15 is 0 Å². The van der Waals surface area contributed by atoms with Crippen LogP contribution in [0.1, 0.15) is 30.0 Å². The van der Waals surface area contributed by atoms with Gasteiger partial charge in [0.15, 0.2) is 6.04 Å². The number of rotatable bonds is 10. The number of ether oxygens (including phenoxy) is 1. The summed E-state index contributed by atoms with van der Waals surface area (Å²) in [6.07, 6.45) is 1.63. The number of carbonyl (C=O) groups excluding carboxylic acids is 1. The smallest absolute Gasteiger partial charge is 0.330 e. The van der Waals surface area contributed by atoms with Gasteiger partial charge in [0.2, 0.25) is 5.91 Å². The van der Waals surface area contributed by atoms with E-state index < -0.39 is 12.0 Å². The van der Waals surface area contributed by atoms with Crippen LogP contribution in [0.5, 0.6) is 0 Å². The van der Waals surface area contributed by atoms with E-state index in [1.54, 1.807) is 30.3 Å². The molecule has 0 spiro atoms. The second-order valence-electron chi connectivity index (χ2n) is 5.70. The van der Waals surface area contributed by atoms with Crippen LogP contribution in [0.15, 0.2) is 60.7 Å². The van der Waals surface area contributed by atoms with Crippen LogP contribution in [-0.4, -0.2) is 30.2 Å². The lowest BCUT2D eigenvalue weighted by Gasteiger charge is -2.14. The molecule has 0 heterocycles. The second-order valence-corrected chi connectivity index (χ2v) is 5.70. The molecule has 2 aromatic carbocycles. The van der Waals surface area contributed by atoms with Crippen molar-refractivity contribution in [3.05, 3.63) is 71.8 Å². The maximum Gasteiger partial charge on any atom is 0.330 e. The van der Waals surface area contributed by atoms with Gasteiger partial charge in [-0.15, -0.1) is 0 Å². The monoisotopic (exact) mass is 341 g/mol. The van der Waals surface area contributed by atoms with Gasteiger partial charge in [-0.1, -0.05) is 60.7 Å². The largest absolute Gasteiger partial charge is 0.479 e. The quantitative estimate of drug-likeness (QED) is 0.652. The van der Waals surface area contributed by atoms with Crippen molar-refractivity contribution in [2.24, 2.45) is 0 Å². The first kappa shape index (κ1) is 18.7. The van der Waals surface area contributed by atoms with Crippen LogP contribution < -0.4 is 5.32 Å². The molecule has 5 heteroatoms. The molecule has 0 aliphatic carbocycles. The summed E-state index contributed by atoms with van der Waals surface area (Å²) in [6, 6.07) is 17.7. The summed E-state index contributed by atoms with van der Waals surface area (Å²) in [6.45, 7) is 1.08. The molecule has 132 valence electrons. The summed E-state index contributed by atoms with van der Waals surface area (Å²) in [4.78, 5) is 23.3. The van der Waals surface area contributed by atoms with Crippen molar-refractivity contribution in [2.75, 3.05) is 13.2 Å². The Labute approximate surface area is 147 Å². The molecule has 0 fully saturated rings. The highest BCUT2D eigenvalue weighted by Gasteiger charge is 2.21. The summed E-state index contributed by atoms with van der Waals surface area (Å²) in [5.74, 6) is -1.36. The van der Waals surface area contributed by atoms with Crippen molar-refractivity contribution in [1.82, 2.24) is 5.32 Å². The van der Waals surface area contributed by atoms with Gasteiger partial charge in [0.1, 0.15) is 0 Å². The van der Waals surface area contributed by atoms with E-state index in [2.05, 4.69) is 5.32 Å². The van der Waals surface area contributed by atoms with Gasteiger partial charge >= 0.3 is 5.97 Å². The molecular formula is C20H23NO4. The van der Waals surface area contributed by atoms with Gasteiger partial charge in [0.25, 0.3) is 0 Å². The standard InChI is InChI=1S/C20H23NO4/c22-18(21-19(20(23)24)17-10-5-2-6-11-17)12-7-14-25-15-13-16-8-3-1-4-9-16/h1-6,8-11,19H,7,12-15H2,(H,21,22)(H,23,24). The zero-order chi connectivity index (χ0) is 17.9. The van der Waals surface area contributed by atoms with Crippen LogP contribution in [0.2, 0.25) is 0 Å². The first-order valence-electron chi connectivity index (χ1n) is 8.35. The zero-order valence-corrected chi connectivity index (χ0v) is 14.1. The lowest BCUT2D eigenvalue weighted by atomic mass is 10.1. The molecule has 1 amide bonds. The molecule has 1 atom stereocenters. The van der Waals surface area contributed by atoms with E-state index in [0.717, 1.165) is 6.42 Å². The minimum absolute atomic E-state index is 0.238. The topological polar surface area (TPSA) is 75.6 Å². The normalized spacial score (nSPS) is 11.7. The number of hydrogen-bond acceptors (Lipinski definition) is 3. The van der Waals surface area contributed by atoms with Gasteiger partial charge in [-0.25, -0.2) is 4.79 Å². The Bertz CT molecular complexity index is 658. The van der Waals surface area contributed by atoms with Crippen LogP contribution in [0.25, 0.3) is 0 Å². The van der Waals surface area contributed by atoms with Gasteiger partial charge in [0.05, 0.1) is 6.61 Å². The Morgan fingerprint density at radius 3 is 2.24 bits per heavy atom. The number of carbonyl (C=O) groups is 2. The molecule has 0 saturated heterocycles.